The van der Waals surface area contributed by atoms with E-state index >= 15 is 0 Å². The fraction of sp³-hybridized carbons (Fsp3) is 0.444. The maximum Gasteiger partial charge on any atom is 0.295 e. The third-order valence-electron chi connectivity index (χ3n) is 7.34. The molecule has 4 aromatic rings. The lowest BCUT2D eigenvalue weighted by atomic mass is 10.1. The molecule has 1 saturated carbocycles. The number of aryl methyl sites for hydroxylation is 1. The predicted octanol–water partition coefficient (Wildman–Crippen LogP) is 3.41. The number of hydrogen-bond acceptors (Lipinski definition) is 10. The van der Waals surface area contributed by atoms with Crippen LogP contribution in [0.15, 0.2) is 34.3 Å². The summed E-state index contributed by atoms with van der Waals surface area (Å²) in [4.78, 5) is 41.0. The number of rotatable bonds is 9. The zero-order valence-corrected chi connectivity index (χ0v) is 23.9. The maximum atomic E-state index is 13.7. The monoisotopic (exact) mass is 549 g/mol. The summed E-state index contributed by atoms with van der Waals surface area (Å²) in [6.07, 6.45) is 7.89. The lowest BCUT2D eigenvalue weighted by molar-refractivity contribution is 0.526. The summed E-state index contributed by atoms with van der Waals surface area (Å²) in [7, 11) is -2.44. The number of anilines is 2. The molecular weight excluding hydrogens is 514 g/mol. The van der Waals surface area contributed by atoms with Crippen molar-refractivity contribution in [1.82, 2.24) is 34.5 Å². The molecule has 0 aromatic carbocycles. The van der Waals surface area contributed by atoms with Gasteiger partial charge in [-0.1, -0.05) is 29.8 Å². The van der Waals surface area contributed by atoms with Crippen LogP contribution in [0.4, 0.5) is 11.8 Å². The summed E-state index contributed by atoms with van der Waals surface area (Å²) in [5.74, 6) is 1.80. The largest absolute Gasteiger partial charge is 0.368 e. The molecule has 1 aliphatic rings. The van der Waals surface area contributed by atoms with Crippen LogP contribution in [0.25, 0.3) is 22.6 Å². The fourth-order valence-electron chi connectivity index (χ4n) is 4.52. The highest BCUT2D eigenvalue weighted by Crippen LogP contribution is 2.43. The van der Waals surface area contributed by atoms with Crippen molar-refractivity contribution in [2.24, 2.45) is 0 Å². The molecule has 206 valence electrons. The average molecular weight is 550 g/mol. The van der Waals surface area contributed by atoms with Crippen LogP contribution < -0.4 is 16.6 Å². The van der Waals surface area contributed by atoms with Crippen molar-refractivity contribution in [3.8, 4) is 11.4 Å². The Kier molecular flexibility index (Phi) is 7.15. The standard InChI is InChI=1S/C27H35N9O2S/c1-6-15(3)36-25-19(14-31-23(35-25)21-16(4)32-27(28)34-22(21)18-9-10-18)33-24(26(36)37)30-13-17-8-11-20(29-12-17)39(5,38)7-2/h8,11-12,14-15,18,39H,6-7,9-10,13H2,1-5H3,(H,30,33)(H2,28,32,34)/t15-/m1/s1. The number of pyridine rings is 1. The molecule has 39 heavy (non-hydrogen) atoms. The highest BCUT2D eigenvalue weighted by atomic mass is 32.2. The van der Waals surface area contributed by atoms with Crippen molar-refractivity contribution >= 4 is 32.9 Å². The Bertz CT molecular complexity index is 1650. The first-order valence-electron chi connectivity index (χ1n) is 13.3. The molecule has 4 aromatic heterocycles. The van der Waals surface area contributed by atoms with E-state index in [0.29, 0.717) is 45.9 Å². The minimum absolute atomic E-state index is 0.119. The number of nitrogens with one attached hydrogen (secondary N) is 1. The SMILES string of the molecule is CC[C@@H](C)n1c(=O)c(NCc2ccc([SH](C)(=O)CC)nc2)nc2cnc(-c3c(C)nc(N)nc3C3CC3)nc21. The Hall–Kier alpha value is -3.80. The van der Waals surface area contributed by atoms with Crippen LogP contribution in [0.3, 0.4) is 0 Å². The predicted molar refractivity (Wildman–Crippen MR) is 155 cm³/mol. The van der Waals surface area contributed by atoms with Gasteiger partial charge in [-0.3, -0.25) is 13.6 Å². The van der Waals surface area contributed by atoms with Gasteiger partial charge in [0, 0.05) is 30.5 Å². The van der Waals surface area contributed by atoms with Crippen LogP contribution in [-0.2, 0) is 16.5 Å². The topological polar surface area (TPSA) is 154 Å². The van der Waals surface area contributed by atoms with Gasteiger partial charge in [0.2, 0.25) is 5.95 Å². The van der Waals surface area contributed by atoms with Crippen LogP contribution in [-0.4, -0.2) is 50.7 Å². The minimum atomic E-state index is -2.44. The first-order chi connectivity index (χ1) is 18.6. The molecule has 0 saturated heterocycles. The first kappa shape index (κ1) is 26.8. The van der Waals surface area contributed by atoms with E-state index < -0.39 is 9.93 Å². The number of nitrogens with zero attached hydrogens (tertiary/aromatic N) is 7. The summed E-state index contributed by atoms with van der Waals surface area (Å²) in [6, 6.07) is 3.55. The smallest absolute Gasteiger partial charge is 0.295 e. The Balaban J connectivity index is 1.53. The number of aromatic nitrogens is 7. The van der Waals surface area contributed by atoms with Crippen LogP contribution in [0.5, 0.6) is 0 Å². The Morgan fingerprint density at radius 3 is 2.54 bits per heavy atom. The van der Waals surface area contributed by atoms with E-state index in [9.17, 15) is 9.00 Å². The number of nitrogen functional groups attached to an aromatic ring is 1. The molecule has 0 radical (unpaired) electrons. The van der Waals surface area contributed by atoms with Gasteiger partial charge in [0.25, 0.3) is 5.56 Å². The fourth-order valence-corrected chi connectivity index (χ4v) is 5.54. The van der Waals surface area contributed by atoms with Crippen LogP contribution in [0, 0.1) is 6.92 Å². The van der Waals surface area contributed by atoms with Gasteiger partial charge in [-0.15, -0.1) is 0 Å². The zero-order valence-electron chi connectivity index (χ0n) is 23.0. The molecule has 4 heterocycles. The second-order valence-electron chi connectivity index (χ2n) is 10.3. The van der Waals surface area contributed by atoms with E-state index in [0.717, 1.165) is 36.1 Å². The van der Waals surface area contributed by atoms with Gasteiger partial charge in [-0.2, -0.15) is 0 Å². The molecule has 0 spiro atoms. The number of fused-ring (bicyclic) bond motifs is 1. The van der Waals surface area contributed by atoms with Gasteiger partial charge in [0.05, 0.1) is 23.1 Å². The molecule has 1 atom stereocenters. The second kappa shape index (κ2) is 10.4. The summed E-state index contributed by atoms with van der Waals surface area (Å²) in [6.45, 7) is 8.13. The van der Waals surface area contributed by atoms with Crippen LogP contribution in [0.2, 0.25) is 0 Å². The lowest BCUT2D eigenvalue weighted by Crippen LogP contribution is -2.28. The zero-order chi connectivity index (χ0) is 27.9. The van der Waals surface area contributed by atoms with Crippen LogP contribution >= 0.6 is 0 Å². The summed E-state index contributed by atoms with van der Waals surface area (Å²) in [5.41, 5.74) is 9.85. The Labute approximate surface area is 228 Å². The molecule has 1 aliphatic carbocycles. The third kappa shape index (κ3) is 5.25. The van der Waals surface area contributed by atoms with Crippen molar-refractivity contribution in [2.45, 2.75) is 70.5 Å². The Morgan fingerprint density at radius 1 is 1.13 bits per heavy atom. The molecule has 1 fully saturated rings. The van der Waals surface area contributed by atoms with Gasteiger partial charge in [0.15, 0.2) is 17.3 Å². The molecule has 0 aliphatic heterocycles. The van der Waals surface area contributed by atoms with E-state index in [1.54, 1.807) is 29.3 Å². The van der Waals surface area contributed by atoms with Gasteiger partial charge in [0.1, 0.15) is 10.5 Å². The maximum absolute atomic E-state index is 13.7. The van der Waals surface area contributed by atoms with Gasteiger partial charge in [-0.05, 0) is 51.0 Å². The highest BCUT2D eigenvalue weighted by Gasteiger charge is 2.31. The van der Waals surface area contributed by atoms with Crippen molar-refractivity contribution in [3.05, 3.63) is 51.8 Å². The number of hydrogen-bond donors (Lipinski definition) is 3. The molecular formula is C27H35N9O2S. The third-order valence-corrected chi connectivity index (χ3v) is 9.78. The molecule has 0 bridgehead atoms. The normalized spacial score (nSPS) is 14.9. The minimum Gasteiger partial charge on any atom is -0.368 e. The van der Waals surface area contributed by atoms with Crippen molar-refractivity contribution in [2.75, 3.05) is 23.1 Å². The van der Waals surface area contributed by atoms with Crippen molar-refractivity contribution in [1.29, 1.82) is 0 Å². The van der Waals surface area contributed by atoms with Crippen LogP contribution in [0.1, 0.15) is 68.9 Å². The van der Waals surface area contributed by atoms with Crippen molar-refractivity contribution < 1.29 is 4.21 Å². The average Bonchev–Trinajstić information content (AvgIpc) is 3.77. The summed E-state index contributed by atoms with van der Waals surface area (Å²) < 4.78 is 14.3. The molecule has 11 nitrogen and oxygen atoms in total. The van der Waals surface area contributed by atoms with E-state index in [1.165, 1.54) is 0 Å². The van der Waals surface area contributed by atoms with Gasteiger partial charge in [-0.25, -0.2) is 29.9 Å². The van der Waals surface area contributed by atoms with E-state index in [4.69, 9.17) is 10.7 Å². The first-order valence-corrected chi connectivity index (χ1v) is 15.7. The molecule has 3 N–H and O–H groups in total. The van der Waals surface area contributed by atoms with Gasteiger partial charge >= 0.3 is 0 Å². The Morgan fingerprint density at radius 2 is 1.90 bits per heavy atom. The molecule has 0 unspecified atom stereocenters. The summed E-state index contributed by atoms with van der Waals surface area (Å²) >= 11 is 0. The lowest BCUT2D eigenvalue weighted by Gasteiger charge is -2.18. The van der Waals surface area contributed by atoms with E-state index in [1.807, 2.05) is 33.8 Å². The number of thiol groups is 1. The van der Waals surface area contributed by atoms with E-state index in [-0.39, 0.29) is 23.4 Å². The van der Waals surface area contributed by atoms with Crippen molar-refractivity contribution in [3.63, 3.8) is 0 Å². The quantitative estimate of drug-likeness (QED) is 0.265. The molecule has 0 amide bonds. The second-order valence-corrected chi connectivity index (χ2v) is 13.6. The molecule has 5 rings (SSSR count). The summed E-state index contributed by atoms with van der Waals surface area (Å²) in [5, 5.41) is 3.77. The number of nitrogens with two attached hydrogens (primary N) is 1. The highest BCUT2D eigenvalue weighted by molar-refractivity contribution is 8.02. The van der Waals surface area contributed by atoms with E-state index in [2.05, 4.69) is 30.2 Å². The van der Waals surface area contributed by atoms with Gasteiger partial charge < -0.3 is 11.1 Å². The molecule has 12 heteroatoms.